The van der Waals surface area contributed by atoms with Crippen LogP contribution in [0.1, 0.15) is 58.9 Å². The van der Waals surface area contributed by atoms with Crippen LogP contribution < -0.4 is 10.6 Å². The van der Waals surface area contributed by atoms with Gasteiger partial charge in [0, 0.05) is 51.6 Å². The Balaban J connectivity index is 1.83. The number of hydrogen-bond acceptors (Lipinski definition) is 5. The summed E-state index contributed by atoms with van der Waals surface area (Å²) in [5.74, 6) is -0.267. The fraction of sp³-hybridized carbons (Fsp3) is 0.643. The molecular weight excluding hydrogens is 470 g/mol. The fourth-order valence-corrected chi connectivity index (χ4v) is 5.26. The summed E-state index contributed by atoms with van der Waals surface area (Å²) >= 11 is 0. The van der Waals surface area contributed by atoms with Crippen LogP contribution in [0, 0.1) is 5.92 Å². The van der Waals surface area contributed by atoms with Crippen LogP contribution in [0.4, 0.5) is 0 Å². The maximum Gasteiger partial charge on any atom is 0.247 e. The Morgan fingerprint density at radius 3 is 2.41 bits per heavy atom. The largest absolute Gasteiger partial charge is 0.341 e. The number of nitrogens with zero attached hydrogens (tertiary/aromatic N) is 3. The van der Waals surface area contributed by atoms with Crippen molar-refractivity contribution in [3.63, 3.8) is 0 Å². The number of amides is 4. The highest BCUT2D eigenvalue weighted by atomic mass is 16.2. The van der Waals surface area contributed by atoms with E-state index in [0.717, 1.165) is 18.4 Å². The Kier molecular flexibility index (Phi) is 10.1. The second-order valence-electron chi connectivity index (χ2n) is 10.8. The zero-order valence-electron chi connectivity index (χ0n) is 22.9. The number of hydrogen-bond donors (Lipinski definition) is 2. The minimum atomic E-state index is -0.831. The quantitative estimate of drug-likeness (QED) is 0.524. The third kappa shape index (κ3) is 7.53. The number of rotatable bonds is 9. The van der Waals surface area contributed by atoms with Gasteiger partial charge >= 0.3 is 0 Å². The van der Waals surface area contributed by atoms with Gasteiger partial charge in [0.15, 0.2) is 0 Å². The van der Waals surface area contributed by atoms with Gasteiger partial charge in [0.2, 0.25) is 23.6 Å². The molecular formula is C28H43N5O4. The van der Waals surface area contributed by atoms with Gasteiger partial charge in [-0.25, -0.2) is 0 Å². The molecule has 0 saturated carbocycles. The molecule has 0 bridgehead atoms. The van der Waals surface area contributed by atoms with Crippen LogP contribution >= 0.6 is 0 Å². The predicted molar refractivity (Wildman–Crippen MR) is 142 cm³/mol. The van der Waals surface area contributed by atoms with Crippen molar-refractivity contribution in [1.82, 2.24) is 25.3 Å². The van der Waals surface area contributed by atoms with E-state index in [4.69, 9.17) is 0 Å². The van der Waals surface area contributed by atoms with E-state index in [0.29, 0.717) is 32.5 Å². The highest BCUT2D eigenvalue weighted by molar-refractivity contribution is 5.91. The molecule has 2 heterocycles. The number of fused-ring (bicyclic) bond motifs is 1. The van der Waals surface area contributed by atoms with Crippen LogP contribution in [0.25, 0.3) is 0 Å². The van der Waals surface area contributed by atoms with E-state index < -0.39 is 12.1 Å². The molecule has 0 spiro atoms. The first-order chi connectivity index (χ1) is 17.6. The topological polar surface area (TPSA) is 102 Å². The molecule has 204 valence electrons. The van der Waals surface area contributed by atoms with E-state index in [1.54, 1.807) is 30.7 Å². The molecule has 1 aromatic carbocycles. The van der Waals surface area contributed by atoms with Crippen molar-refractivity contribution in [2.45, 2.75) is 84.1 Å². The van der Waals surface area contributed by atoms with Crippen molar-refractivity contribution in [3.8, 4) is 0 Å². The molecule has 2 N–H and O–H groups in total. The average Bonchev–Trinajstić information content (AvgIpc) is 3.25. The van der Waals surface area contributed by atoms with Crippen molar-refractivity contribution < 1.29 is 19.2 Å². The van der Waals surface area contributed by atoms with Crippen molar-refractivity contribution in [2.75, 3.05) is 26.7 Å². The lowest BCUT2D eigenvalue weighted by molar-refractivity contribution is -0.145. The Morgan fingerprint density at radius 1 is 1.08 bits per heavy atom. The SMILES string of the molecule is CN[C@@H](C)C(=O)N[C@H]1CN(C(=O)CC(C)C)CC[C@H]2CC[C@@H](CN(Cc3ccccc3)C(C)=O)N2C1=O. The molecule has 2 fully saturated rings. The summed E-state index contributed by atoms with van der Waals surface area (Å²) in [6.07, 6.45) is 2.69. The number of nitrogens with one attached hydrogen (secondary N) is 2. The lowest BCUT2D eigenvalue weighted by Gasteiger charge is -2.40. The third-order valence-electron chi connectivity index (χ3n) is 7.48. The Hall–Kier alpha value is -2.94. The molecule has 0 aliphatic carbocycles. The van der Waals surface area contributed by atoms with Crippen LogP contribution in [0.3, 0.4) is 0 Å². The molecule has 4 atom stereocenters. The second kappa shape index (κ2) is 13.0. The maximum atomic E-state index is 14.0. The Labute approximate surface area is 220 Å². The molecule has 3 rings (SSSR count). The summed E-state index contributed by atoms with van der Waals surface area (Å²) in [5.41, 5.74) is 1.04. The van der Waals surface area contributed by atoms with E-state index in [1.807, 2.05) is 49.1 Å². The predicted octanol–water partition coefficient (Wildman–Crippen LogP) is 1.77. The van der Waals surface area contributed by atoms with Crippen LogP contribution in [0.15, 0.2) is 30.3 Å². The summed E-state index contributed by atoms with van der Waals surface area (Å²) in [6, 6.07) is 8.37. The van der Waals surface area contributed by atoms with Gasteiger partial charge in [-0.05, 0) is 44.7 Å². The molecule has 1 aromatic rings. The second-order valence-corrected chi connectivity index (χ2v) is 10.8. The van der Waals surface area contributed by atoms with E-state index in [2.05, 4.69) is 10.6 Å². The first kappa shape index (κ1) is 28.6. The van der Waals surface area contributed by atoms with Gasteiger partial charge in [0.25, 0.3) is 0 Å². The molecule has 37 heavy (non-hydrogen) atoms. The van der Waals surface area contributed by atoms with Crippen LogP contribution in [-0.4, -0.2) is 89.2 Å². The molecule has 2 aliphatic rings. The highest BCUT2D eigenvalue weighted by Crippen LogP contribution is 2.30. The first-order valence-electron chi connectivity index (χ1n) is 13.5. The molecule has 0 aromatic heterocycles. The average molecular weight is 514 g/mol. The first-order valence-corrected chi connectivity index (χ1v) is 13.5. The van der Waals surface area contributed by atoms with Crippen LogP contribution in [0.5, 0.6) is 0 Å². The van der Waals surface area contributed by atoms with Gasteiger partial charge in [-0.3, -0.25) is 19.2 Å². The zero-order valence-corrected chi connectivity index (χ0v) is 22.9. The normalized spacial score (nSPS) is 22.8. The molecule has 2 aliphatic heterocycles. The van der Waals surface area contributed by atoms with Crippen molar-refractivity contribution >= 4 is 23.6 Å². The van der Waals surface area contributed by atoms with Crippen LogP contribution in [0.2, 0.25) is 0 Å². The van der Waals surface area contributed by atoms with E-state index in [-0.39, 0.29) is 48.2 Å². The van der Waals surface area contributed by atoms with Gasteiger partial charge in [0.1, 0.15) is 6.04 Å². The minimum Gasteiger partial charge on any atom is -0.341 e. The maximum absolute atomic E-state index is 14.0. The molecule has 9 nitrogen and oxygen atoms in total. The molecule has 4 amide bonds. The summed E-state index contributed by atoms with van der Waals surface area (Å²) < 4.78 is 0. The Bertz CT molecular complexity index is 953. The van der Waals surface area contributed by atoms with E-state index >= 15 is 0 Å². The minimum absolute atomic E-state index is 0.0114. The van der Waals surface area contributed by atoms with E-state index in [9.17, 15) is 19.2 Å². The number of likely N-dealkylation sites (N-methyl/N-ethyl adjacent to an activating group) is 1. The van der Waals surface area contributed by atoms with Gasteiger partial charge in [-0.2, -0.15) is 0 Å². The lowest BCUT2D eigenvalue weighted by atomic mass is 10.0. The summed E-state index contributed by atoms with van der Waals surface area (Å²) in [4.78, 5) is 57.7. The third-order valence-corrected chi connectivity index (χ3v) is 7.48. The molecule has 0 unspecified atom stereocenters. The summed E-state index contributed by atoms with van der Waals surface area (Å²) in [7, 11) is 1.69. The summed E-state index contributed by atoms with van der Waals surface area (Å²) in [6.45, 7) is 8.92. The Morgan fingerprint density at radius 2 is 1.78 bits per heavy atom. The standard InChI is InChI=1S/C28H43N5O4/c1-19(2)15-26(35)31-14-13-23-11-12-24(17-32(21(4)34)16-22-9-7-6-8-10-22)33(23)28(37)25(18-31)30-27(36)20(3)29-5/h6-10,19-20,23-25,29H,11-18H2,1-5H3,(H,30,36)/t20-,23+,24-,25-/m0/s1. The zero-order chi connectivity index (χ0) is 27.1. The lowest BCUT2D eigenvalue weighted by Crippen LogP contribution is -2.61. The summed E-state index contributed by atoms with van der Waals surface area (Å²) in [5, 5.41) is 5.82. The van der Waals surface area contributed by atoms with Crippen LogP contribution in [-0.2, 0) is 25.7 Å². The number of benzene rings is 1. The van der Waals surface area contributed by atoms with Gasteiger partial charge in [0.05, 0.1) is 6.04 Å². The van der Waals surface area contributed by atoms with Gasteiger partial charge < -0.3 is 25.3 Å². The van der Waals surface area contributed by atoms with Gasteiger partial charge in [-0.1, -0.05) is 44.2 Å². The van der Waals surface area contributed by atoms with Crippen molar-refractivity contribution in [3.05, 3.63) is 35.9 Å². The molecule has 0 radical (unpaired) electrons. The molecule has 9 heteroatoms. The van der Waals surface area contributed by atoms with Crippen molar-refractivity contribution in [1.29, 1.82) is 0 Å². The molecule has 2 saturated heterocycles. The highest BCUT2D eigenvalue weighted by Gasteiger charge is 2.43. The van der Waals surface area contributed by atoms with Gasteiger partial charge in [-0.15, -0.1) is 0 Å². The fourth-order valence-electron chi connectivity index (χ4n) is 5.26. The monoisotopic (exact) mass is 513 g/mol. The van der Waals surface area contributed by atoms with E-state index in [1.165, 1.54) is 0 Å². The van der Waals surface area contributed by atoms with Crippen molar-refractivity contribution in [2.24, 2.45) is 5.92 Å². The number of carbonyl (C=O) groups is 4. The smallest absolute Gasteiger partial charge is 0.247 e. The number of carbonyl (C=O) groups excluding carboxylic acids is 4.